The van der Waals surface area contributed by atoms with Gasteiger partial charge in [-0.15, -0.1) is 0 Å². The Kier molecular flexibility index (Phi) is 7.58. The standard InChI is InChI=1S/C23H39N5O4/c1-23(2,3)31-22(29)28-8-6-16(7-9-28)20-25-21(32-26-20)17-4-5-18(15-24)19(14-17)27-10-12-30-13-11-27/h16-21,25-26H,4-14H2,1-3H3. The second-order valence-corrected chi connectivity index (χ2v) is 10.6. The van der Waals surface area contributed by atoms with Gasteiger partial charge in [0.15, 0.2) is 0 Å². The third-order valence-electron chi connectivity index (χ3n) is 7.29. The van der Waals surface area contributed by atoms with Crippen molar-refractivity contribution in [1.29, 1.82) is 5.26 Å². The van der Waals surface area contributed by atoms with Crippen LogP contribution in [-0.2, 0) is 14.3 Å². The normalized spacial score (nSPS) is 35.4. The van der Waals surface area contributed by atoms with Gasteiger partial charge in [0, 0.05) is 38.1 Å². The maximum atomic E-state index is 12.3. The largest absolute Gasteiger partial charge is 0.444 e. The summed E-state index contributed by atoms with van der Waals surface area (Å²) in [4.78, 5) is 22.6. The highest BCUT2D eigenvalue weighted by Gasteiger charge is 2.42. The molecule has 0 bridgehead atoms. The average molecular weight is 450 g/mol. The molecule has 3 aliphatic heterocycles. The van der Waals surface area contributed by atoms with Crippen LogP contribution in [0.25, 0.3) is 0 Å². The van der Waals surface area contributed by atoms with Crippen molar-refractivity contribution in [2.24, 2.45) is 17.8 Å². The molecule has 0 aromatic rings. The molecule has 180 valence electrons. The van der Waals surface area contributed by atoms with Gasteiger partial charge in [0.2, 0.25) is 0 Å². The van der Waals surface area contributed by atoms with Crippen LogP contribution in [0.5, 0.6) is 0 Å². The van der Waals surface area contributed by atoms with Crippen LogP contribution in [-0.4, -0.2) is 79.3 Å². The minimum absolute atomic E-state index is 0.0351. The lowest BCUT2D eigenvalue weighted by molar-refractivity contribution is -0.0514. The predicted molar refractivity (Wildman–Crippen MR) is 118 cm³/mol. The van der Waals surface area contributed by atoms with E-state index in [2.05, 4.69) is 21.8 Å². The second kappa shape index (κ2) is 10.2. The van der Waals surface area contributed by atoms with Crippen molar-refractivity contribution in [2.45, 2.75) is 76.9 Å². The summed E-state index contributed by atoms with van der Waals surface area (Å²) < 4.78 is 11.0. The van der Waals surface area contributed by atoms with E-state index in [1.54, 1.807) is 0 Å². The number of piperidine rings is 1. The molecule has 0 aromatic heterocycles. The van der Waals surface area contributed by atoms with E-state index in [1.807, 2.05) is 25.7 Å². The zero-order chi connectivity index (χ0) is 22.7. The third-order valence-corrected chi connectivity index (χ3v) is 7.29. The molecule has 9 heteroatoms. The number of hydrogen-bond donors (Lipinski definition) is 2. The molecular formula is C23H39N5O4. The number of hydrogen-bond acceptors (Lipinski definition) is 8. The molecule has 4 rings (SSSR count). The summed E-state index contributed by atoms with van der Waals surface area (Å²) in [6, 6.07) is 2.83. The summed E-state index contributed by atoms with van der Waals surface area (Å²) in [6.45, 7) is 10.4. The Labute approximate surface area is 191 Å². The SMILES string of the molecule is CC(C)(C)OC(=O)N1CCC(C2NOC(C3CCC(C#N)C(N4CCOCC4)C3)N2)CC1. The van der Waals surface area contributed by atoms with Crippen molar-refractivity contribution in [3.8, 4) is 6.07 Å². The van der Waals surface area contributed by atoms with E-state index in [9.17, 15) is 10.1 Å². The highest BCUT2D eigenvalue weighted by atomic mass is 16.7. The van der Waals surface area contributed by atoms with E-state index in [-0.39, 0.29) is 30.4 Å². The van der Waals surface area contributed by atoms with Crippen molar-refractivity contribution in [3.05, 3.63) is 0 Å². The van der Waals surface area contributed by atoms with E-state index in [0.717, 1.165) is 58.4 Å². The topological polar surface area (TPSA) is 99.1 Å². The number of hydroxylamine groups is 1. The van der Waals surface area contributed by atoms with Gasteiger partial charge >= 0.3 is 6.09 Å². The van der Waals surface area contributed by atoms with Gasteiger partial charge in [0.1, 0.15) is 11.8 Å². The summed E-state index contributed by atoms with van der Waals surface area (Å²) in [5, 5.41) is 13.3. The van der Waals surface area contributed by atoms with Gasteiger partial charge in [0.05, 0.1) is 31.4 Å². The molecule has 4 aliphatic rings. The lowest BCUT2D eigenvalue weighted by Gasteiger charge is -2.42. The van der Waals surface area contributed by atoms with Crippen LogP contribution in [0.3, 0.4) is 0 Å². The maximum Gasteiger partial charge on any atom is 0.410 e. The fourth-order valence-corrected chi connectivity index (χ4v) is 5.51. The summed E-state index contributed by atoms with van der Waals surface area (Å²) in [5.74, 6) is 0.877. The molecule has 3 heterocycles. The molecule has 0 aromatic carbocycles. The lowest BCUT2D eigenvalue weighted by Crippen LogP contribution is -2.52. The summed E-state index contributed by atoms with van der Waals surface area (Å²) >= 11 is 0. The highest BCUT2D eigenvalue weighted by molar-refractivity contribution is 5.68. The van der Waals surface area contributed by atoms with E-state index in [1.165, 1.54) is 0 Å². The highest BCUT2D eigenvalue weighted by Crippen LogP contribution is 2.36. The summed E-state index contributed by atoms with van der Waals surface area (Å²) in [5.41, 5.74) is 2.77. The Bertz CT molecular complexity index is 679. The zero-order valence-corrected chi connectivity index (χ0v) is 19.7. The maximum absolute atomic E-state index is 12.3. The molecule has 3 saturated heterocycles. The number of nitrogens with one attached hydrogen (secondary N) is 2. The molecule has 4 fully saturated rings. The van der Waals surface area contributed by atoms with Crippen LogP contribution in [0.4, 0.5) is 4.79 Å². The second-order valence-electron chi connectivity index (χ2n) is 10.6. The van der Waals surface area contributed by atoms with Crippen LogP contribution in [0.2, 0.25) is 0 Å². The Morgan fingerprint density at radius 3 is 2.44 bits per heavy atom. The van der Waals surface area contributed by atoms with Gasteiger partial charge in [-0.05, 0) is 58.8 Å². The minimum atomic E-state index is -0.465. The minimum Gasteiger partial charge on any atom is -0.444 e. The Balaban J connectivity index is 1.26. The molecular weight excluding hydrogens is 410 g/mol. The first-order valence-electron chi connectivity index (χ1n) is 12.2. The molecule has 5 atom stereocenters. The first-order valence-corrected chi connectivity index (χ1v) is 12.2. The van der Waals surface area contributed by atoms with Crippen molar-refractivity contribution >= 4 is 6.09 Å². The average Bonchev–Trinajstić information content (AvgIpc) is 3.28. The number of likely N-dealkylation sites (tertiary alicyclic amines) is 1. The molecule has 0 spiro atoms. The molecule has 5 unspecified atom stereocenters. The van der Waals surface area contributed by atoms with Crippen molar-refractivity contribution in [2.75, 3.05) is 39.4 Å². The van der Waals surface area contributed by atoms with E-state index in [4.69, 9.17) is 14.3 Å². The predicted octanol–water partition coefficient (Wildman–Crippen LogP) is 2.05. The summed E-state index contributed by atoms with van der Waals surface area (Å²) in [6.07, 6.45) is 4.56. The lowest BCUT2D eigenvalue weighted by atomic mass is 9.77. The Morgan fingerprint density at radius 1 is 1.06 bits per heavy atom. The van der Waals surface area contributed by atoms with Crippen LogP contribution in [0.15, 0.2) is 0 Å². The number of nitrogens with zero attached hydrogens (tertiary/aromatic N) is 3. The van der Waals surface area contributed by atoms with Crippen LogP contribution in [0.1, 0.15) is 52.9 Å². The molecule has 1 aliphatic carbocycles. The number of carbonyl (C=O) groups is 1. The molecule has 9 nitrogen and oxygen atoms in total. The molecule has 2 N–H and O–H groups in total. The fourth-order valence-electron chi connectivity index (χ4n) is 5.51. The van der Waals surface area contributed by atoms with Crippen LogP contribution in [0, 0.1) is 29.1 Å². The van der Waals surface area contributed by atoms with Gasteiger partial charge in [-0.3, -0.25) is 15.1 Å². The Morgan fingerprint density at radius 2 is 1.78 bits per heavy atom. The number of rotatable bonds is 3. The number of amides is 1. The van der Waals surface area contributed by atoms with Crippen molar-refractivity contribution in [3.63, 3.8) is 0 Å². The molecule has 32 heavy (non-hydrogen) atoms. The van der Waals surface area contributed by atoms with Gasteiger partial charge < -0.3 is 14.4 Å². The van der Waals surface area contributed by atoms with Crippen LogP contribution >= 0.6 is 0 Å². The third kappa shape index (κ3) is 5.72. The van der Waals surface area contributed by atoms with E-state index < -0.39 is 5.60 Å². The Hall–Kier alpha value is -1.44. The smallest absolute Gasteiger partial charge is 0.410 e. The van der Waals surface area contributed by atoms with Crippen molar-refractivity contribution in [1.82, 2.24) is 20.6 Å². The zero-order valence-electron chi connectivity index (χ0n) is 19.7. The van der Waals surface area contributed by atoms with Gasteiger partial charge in [0.25, 0.3) is 0 Å². The summed E-state index contributed by atoms with van der Waals surface area (Å²) in [7, 11) is 0. The quantitative estimate of drug-likeness (QED) is 0.676. The van der Waals surface area contributed by atoms with Gasteiger partial charge in [-0.1, -0.05) is 0 Å². The number of morpholine rings is 1. The van der Waals surface area contributed by atoms with E-state index >= 15 is 0 Å². The first-order chi connectivity index (χ1) is 15.3. The van der Waals surface area contributed by atoms with E-state index in [0.29, 0.717) is 24.9 Å². The fraction of sp³-hybridized carbons (Fsp3) is 0.913. The first kappa shape index (κ1) is 23.7. The molecule has 0 radical (unpaired) electrons. The van der Waals surface area contributed by atoms with Gasteiger partial charge in [-0.25, -0.2) is 4.79 Å². The number of ether oxygens (including phenoxy) is 2. The number of carbonyl (C=O) groups excluding carboxylic acids is 1. The number of nitriles is 1. The molecule has 1 saturated carbocycles. The molecule has 1 amide bonds. The van der Waals surface area contributed by atoms with Gasteiger partial charge in [-0.2, -0.15) is 10.7 Å². The van der Waals surface area contributed by atoms with Crippen molar-refractivity contribution < 1.29 is 19.1 Å². The monoisotopic (exact) mass is 449 g/mol. The van der Waals surface area contributed by atoms with Crippen LogP contribution < -0.4 is 10.8 Å².